The maximum absolute atomic E-state index is 10.4. The van der Waals surface area contributed by atoms with Gasteiger partial charge in [-0.15, -0.1) is 0 Å². The number of piperazine rings is 1. The second kappa shape index (κ2) is 9.08. The third-order valence-corrected chi connectivity index (χ3v) is 5.11. The molecule has 3 heterocycles. The molecule has 0 amide bonds. The first kappa shape index (κ1) is 19.5. The highest BCUT2D eigenvalue weighted by atomic mass is 16.5. The van der Waals surface area contributed by atoms with Gasteiger partial charge in [0.25, 0.3) is 0 Å². The molecule has 2 saturated heterocycles. The van der Waals surface area contributed by atoms with Crippen molar-refractivity contribution in [3.63, 3.8) is 0 Å². The van der Waals surface area contributed by atoms with Crippen LogP contribution < -0.4 is 4.90 Å². The fraction of sp³-hybridized carbons (Fsp3) is 0.789. The van der Waals surface area contributed by atoms with Crippen LogP contribution in [0.2, 0.25) is 0 Å². The van der Waals surface area contributed by atoms with Crippen molar-refractivity contribution >= 4 is 5.82 Å². The van der Waals surface area contributed by atoms with Gasteiger partial charge in [-0.3, -0.25) is 9.80 Å². The van der Waals surface area contributed by atoms with E-state index in [2.05, 4.69) is 39.6 Å². The molecule has 0 aromatic carbocycles. The summed E-state index contributed by atoms with van der Waals surface area (Å²) in [5.41, 5.74) is 1.03. The number of aryl methyl sites for hydroxylation is 1. The number of aliphatic hydroxyl groups excluding tert-OH is 1. The molecule has 1 N–H and O–H groups in total. The van der Waals surface area contributed by atoms with Crippen LogP contribution in [0.25, 0.3) is 0 Å². The average Bonchev–Trinajstić information content (AvgIpc) is 2.62. The lowest BCUT2D eigenvalue weighted by molar-refractivity contribution is 0.00655. The van der Waals surface area contributed by atoms with Crippen LogP contribution in [-0.4, -0.2) is 96.6 Å². The average molecular weight is 364 g/mol. The van der Waals surface area contributed by atoms with Crippen LogP contribution in [0.1, 0.15) is 31.3 Å². The second-order valence-corrected chi connectivity index (χ2v) is 7.73. The number of aromatic nitrogens is 2. The lowest BCUT2D eigenvalue weighted by Crippen LogP contribution is -2.51. The minimum Gasteiger partial charge on any atom is -0.390 e. The van der Waals surface area contributed by atoms with Crippen LogP contribution in [0.5, 0.6) is 0 Å². The van der Waals surface area contributed by atoms with Crippen molar-refractivity contribution in [3.8, 4) is 0 Å². The van der Waals surface area contributed by atoms with Crippen molar-refractivity contribution in [2.24, 2.45) is 0 Å². The normalized spacial score (nSPS) is 21.3. The fourth-order valence-corrected chi connectivity index (χ4v) is 3.59. The van der Waals surface area contributed by atoms with Crippen molar-refractivity contribution in [1.29, 1.82) is 0 Å². The molecule has 1 atom stereocenters. The van der Waals surface area contributed by atoms with Crippen LogP contribution in [0.15, 0.2) is 6.07 Å². The molecule has 0 bridgehead atoms. The maximum Gasteiger partial charge on any atom is 0.133 e. The van der Waals surface area contributed by atoms with Crippen LogP contribution in [0.3, 0.4) is 0 Å². The Bertz CT molecular complexity index is 569. The minimum atomic E-state index is -0.298. The minimum absolute atomic E-state index is 0.298. The number of hydrogen-bond donors (Lipinski definition) is 1. The Balaban J connectivity index is 1.48. The number of rotatable bonds is 6. The third-order valence-electron chi connectivity index (χ3n) is 5.11. The zero-order chi connectivity index (χ0) is 18.5. The number of morpholine rings is 1. The molecule has 1 aromatic rings. The fourth-order valence-electron chi connectivity index (χ4n) is 3.59. The number of ether oxygens (including phenoxy) is 1. The molecule has 7 heteroatoms. The summed E-state index contributed by atoms with van der Waals surface area (Å²) >= 11 is 0. The van der Waals surface area contributed by atoms with E-state index < -0.39 is 0 Å². The summed E-state index contributed by atoms with van der Waals surface area (Å²) in [6, 6.07) is 2.08. The molecule has 1 aromatic heterocycles. The van der Waals surface area contributed by atoms with Crippen molar-refractivity contribution in [2.45, 2.75) is 32.8 Å². The summed E-state index contributed by atoms with van der Waals surface area (Å²) in [7, 11) is 0. The highest BCUT2D eigenvalue weighted by molar-refractivity contribution is 5.40. The molecular weight excluding hydrogens is 330 g/mol. The summed E-state index contributed by atoms with van der Waals surface area (Å²) in [6.45, 7) is 15.0. The topological polar surface area (TPSA) is 65.0 Å². The van der Waals surface area contributed by atoms with E-state index in [0.717, 1.165) is 82.9 Å². The van der Waals surface area contributed by atoms with Crippen molar-refractivity contribution in [1.82, 2.24) is 19.8 Å². The first-order valence-corrected chi connectivity index (χ1v) is 9.82. The first-order valence-electron chi connectivity index (χ1n) is 9.82. The highest BCUT2D eigenvalue weighted by Gasteiger charge is 2.22. The van der Waals surface area contributed by atoms with E-state index in [1.165, 1.54) is 0 Å². The van der Waals surface area contributed by atoms with Crippen molar-refractivity contribution in [2.75, 3.05) is 70.5 Å². The predicted molar refractivity (Wildman–Crippen MR) is 103 cm³/mol. The largest absolute Gasteiger partial charge is 0.390 e. The van der Waals surface area contributed by atoms with Gasteiger partial charge in [-0.1, -0.05) is 13.8 Å². The number of anilines is 1. The quantitative estimate of drug-likeness (QED) is 0.799. The first-order chi connectivity index (χ1) is 12.5. The molecule has 0 aliphatic carbocycles. The van der Waals surface area contributed by atoms with E-state index in [9.17, 15) is 5.11 Å². The molecule has 26 heavy (non-hydrogen) atoms. The van der Waals surface area contributed by atoms with E-state index in [0.29, 0.717) is 5.92 Å². The molecule has 0 spiro atoms. The number of β-amino-alcohol motifs (C(OH)–C–C–N with tert-alkyl or cyclic N) is 1. The lowest BCUT2D eigenvalue weighted by Gasteiger charge is -2.37. The summed E-state index contributed by atoms with van der Waals surface area (Å²) in [5.74, 6) is 2.29. The van der Waals surface area contributed by atoms with Crippen LogP contribution in [-0.2, 0) is 4.74 Å². The van der Waals surface area contributed by atoms with E-state index >= 15 is 0 Å². The third kappa shape index (κ3) is 5.36. The SMILES string of the molecule is Cc1cc(N2CCN(CC(O)CN3CCOCC3)CC2)nc(C(C)C)n1. The Morgan fingerprint density at radius 2 is 1.62 bits per heavy atom. The Labute approximate surface area is 157 Å². The van der Waals surface area contributed by atoms with E-state index in [1.807, 2.05) is 6.92 Å². The summed E-state index contributed by atoms with van der Waals surface area (Å²) in [6.07, 6.45) is -0.298. The molecule has 7 nitrogen and oxygen atoms in total. The molecule has 3 rings (SSSR count). The van der Waals surface area contributed by atoms with Gasteiger partial charge in [-0.2, -0.15) is 0 Å². The van der Waals surface area contributed by atoms with Crippen molar-refractivity contribution in [3.05, 3.63) is 17.6 Å². The molecule has 0 saturated carbocycles. The van der Waals surface area contributed by atoms with E-state index in [1.54, 1.807) is 0 Å². The maximum atomic E-state index is 10.4. The van der Waals surface area contributed by atoms with Gasteiger partial charge in [0.1, 0.15) is 11.6 Å². The van der Waals surface area contributed by atoms with Gasteiger partial charge in [0.15, 0.2) is 0 Å². The van der Waals surface area contributed by atoms with Crippen LogP contribution in [0.4, 0.5) is 5.82 Å². The van der Waals surface area contributed by atoms with E-state index in [-0.39, 0.29) is 6.10 Å². The lowest BCUT2D eigenvalue weighted by atomic mass is 10.2. The Hall–Kier alpha value is -1.28. The highest BCUT2D eigenvalue weighted by Crippen LogP contribution is 2.18. The standard InChI is InChI=1S/C19H33N5O2/c1-15(2)19-20-16(3)12-18(21-19)24-6-4-22(5-7-24)13-17(25)14-23-8-10-26-11-9-23/h12,15,17,25H,4-11,13-14H2,1-3H3. The number of hydrogen-bond acceptors (Lipinski definition) is 7. The Kier molecular flexibility index (Phi) is 6.80. The van der Waals surface area contributed by atoms with Crippen molar-refractivity contribution < 1.29 is 9.84 Å². The molecule has 0 radical (unpaired) electrons. The molecule has 1 unspecified atom stereocenters. The Morgan fingerprint density at radius 3 is 2.23 bits per heavy atom. The predicted octanol–water partition coefficient (Wildman–Crippen LogP) is 0.724. The molecule has 2 aliphatic heterocycles. The molecule has 146 valence electrons. The monoisotopic (exact) mass is 363 g/mol. The zero-order valence-corrected chi connectivity index (χ0v) is 16.4. The van der Waals surface area contributed by atoms with E-state index in [4.69, 9.17) is 9.72 Å². The number of nitrogens with zero attached hydrogens (tertiary/aromatic N) is 5. The van der Waals surface area contributed by atoms with Gasteiger partial charge in [0.2, 0.25) is 0 Å². The zero-order valence-electron chi connectivity index (χ0n) is 16.4. The van der Waals surface area contributed by atoms with Gasteiger partial charge in [0, 0.05) is 70.0 Å². The summed E-state index contributed by atoms with van der Waals surface area (Å²) < 4.78 is 5.37. The van der Waals surface area contributed by atoms with Gasteiger partial charge in [-0.25, -0.2) is 9.97 Å². The summed E-state index contributed by atoms with van der Waals surface area (Å²) in [4.78, 5) is 16.3. The molecule has 2 fully saturated rings. The van der Waals surface area contributed by atoms with Crippen LogP contribution >= 0.6 is 0 Å². The number of aliphatic hydroxyl groups is 1. The van der Waals surface area contributed by atoms with Crippen LogP contribution in [0, 0.1) is 6.92 Å². The Morgan fingerprint density at radius 1 is 1.00 bits per heavy atom. The smallest absolute Gasteiger partial charge is 0.133 e. The second-order valence-electron chi connectivity index (χ2n) is 7.73. The summed E-state index contributed by atoms with van der Waals surface area (Å²) in [5, 5.41) is 10.4. The van der Waals surface area contributed by atoms with Gasteiger partial charge < -0.3 is 14.7 Å². The van der Waals surface area contributed by atoms with Gasteiger partial charge in [0.05, 0.1) is 19.3 Å². The van der Waals surface area contributed by atoms with Gasteiger partial charge >= 0.3 is 0 Å². The molecule has 2 aliphatic rings. The molecular formula is C19H33N5O2. The van der Waals surface area contributed by atoms with Gasteiger partial charge in [-0.05, 0) is 6.92 Å².